The summed E-state index contributed by atoms with van der Waals surface area (Å²) < 4.78 is 15.5. The van der Waals surface area contributed by atoms with E-state index in [1.807, 2.05) is 20.0 Å². The molecule has 0 saturated heterocycles. The van der Waals surface area contributed by atoms with Crippen LogP contribution in [-0.4, -0.2) is 16.3 Å². The molecule has 5 heteroatoms. The van der Waals surface area contributed by atoms with Crippen molar-refractivity contribution >= 4 is 11.6 Å². The Bertz CT molecular complexity index is 561. The molecule has 0 radical (unpaired) electrons. The molecule has 0 amide bonds. The molecule has 0 saturated carbocycles. The topological polar surface area (TPSA) is 29.9 Å². The smallest absolute Gasteiger partial charge is 0.126 e. The van der Waals surface area contributed by atoms with Crippen LogP contribution in [-0.2, 0) is 7.05 Å². The summed E-state index contributed by atoms with van der Waals surface area (Å²) in [5.41, 5.74) is 2.32. The van der Waals surface area contributed by atoms with Crippen molar-refractivity contribution in [1.29, 1.82) is 0 Å². The quantitative estimate of drug-likeness (QED) is 0.932. The van der Waals surface area contributed by atoms with Gasteiger partial charge in [-0.15, -0.1) is 0 Å². The van der Waals surface area contributed by atoms with Crippen molar-refractivity contribution in [3.63, 3.8) is 0 Å². The lowest BCUT2D eigenvalue weighted by Gasteiger charge is -2.19. The number of rotatable bonds is 4. The second kappa shape index (κ2) is 5.72. The van der Waals surface area contributed by atoms with Gasteiger partial charge in [-0.05, 0) is 30.7 Å². The Labute approximate surface area is 117 Å². The van der Waals surface area contributed by atoms with Crippen molar-refractivity contribution < 1.29 is 4.39 Å². The fourth-order valence-corrected chi connectivity index (χ4v) is 2.39. The average Bonchev–Trinajstić information content (AvgIpc) is 2.70. The van der Waals surface area contributed by atoms with E-state index in [0.29, 0.717) is 10.6 Å². The minimum Gasteiger partial charge on any atom is -0.305 e. The summed E-state index contributed by atoms with van der Waals surface area (Å²) in [5, 5.41) is 8.03. The molecule has 1 N–H and O–H groups in total. The summed E-state index contributed by atoms with van der Waals surface area (Å²) in [6, 6.07) is 5.07. The van der Waals surface area contributed by atoms with Crippen molar-refractivity contribution in [2.24, 2.45) is 7.05 Å². The number of benzene rings is 1. The van der Waals surface area contributed by atoms with E-state index in [2.05, 4.69) is 10.4 Å². The summed E-state index contributed by atoms with van der Waals surface area (Å²) in [6.07, 6.45) is 1.60. The lowest BCUT2D eigenvalue weighted by Crippen LogP contribution is -2.24. The first-order chi connectivity index (χ1) is 9.04. The van der Waals surface area contributed by atoms with E-state index in [4.69, 9.17) is 11.6 Å². The molecule has 0 aliphatic carbocycles. The van der Waals surface area contributed by atoms with Crippen molar-refractivity contribution in [2.75, 3.05) is 6.54 Å². The van der Waals surface area contributed by atoms with Gasteiger partial charge in [0.15, 0.2) is 0 Å². The van der Waals surface area contributed by atoms with E-state index in [9.17, 15) is 4.39 Å². The number of aryl methyl sites for hydroxylation is 2. The molecule has 0 fully saturated rings. The zero-order valence-corrected chi connectivity index (χ0v) is 12.0. The van der Waals surface area contributed by atoms with E-state index < -0.39 is 0 Å². The van der Waals surface area contributed by atoms with Gasteiger partial charge in [-0.25, -0.2) is 4.39 Å². The number of hydrogen-bond donors (Lipinski definition) is 1. The highest BCUT2D eigenvalue weighted by molar-refractivity contribution is 6.31. The molecule has 0 spiro atoms. The molecule has 0 aliphatic heterocycles. The van der Waals surface area contributed by atoms with E-state index in [-0.39, 0.29) is 11.9 Å². The molecular formula is C14H17ClFN3. The van der Waals surface area contributed by atoms with Crippen LogP contribution < -0.4 is 5.32 Å². The normalized spacial score (nSPS) is 12.7. The summed E-state index contributed by atoms with van der Waals surface area (Å²) in [7, 11) is 1.83. The molecular weight excluding hydrogens is 265 g/mol. The van der Waals surface area contributed by atoms with Gasteiger partial charge in [0.2, 0.25) is 0 Å². The Hall–Kier alpha value is -1.39. The Morgan fingerprint density at radius 1 is 1.47 bits per heavy atom. The maximum Gasteiger partial charge on any atom is 0.126 e. The van der Waals surface area contributed by atoms with E-state index in [0.717, 1.165) is 17.8 Å². The second-order valence-corrected chi connectivity index (χ2v) is 4.91. The Balaban J connectivity index is 2.48. The molecule has 1 unspecified atom stereocenters. The minimum atomic E-state index is -0.210. The summed E-state index contributed by atoms with van der Waals surface area (Å²) in [5.74, 6) is -0.210. The van der Waals surface area contributed by atoms with Crippen LogP contribution in [0.25, 0.3) is 0 Å². The Morgan fingerprint density at radius 2 is 2.21 bits per heavy atom. The van der Waals surface area contributed by atoms with Gasteiger partial charge in [-0.1, -0.05) is 30.7 Å². The van der Waals surface area contributed by atoms with Crippen LogP contribution in [0.3, 0.4) is 0 Å². The Morgan fingerprint density at radius 3 is 2.74 bits per heavy atom. The molecule has 1 aromatic heterocycles. The fourth-order valence-electron chi connectivity index (χ4n) is 2.11. The van der Waals surface area contributed by atoms with Gasteiger partial charge >= 0.3 is 0 Å². The largest absolute Gasteiger partial charge is 0.305 e. The van der Waals surface area contributed by atoms with Gasteiger partial charge in [-0.3, -0.25) is 4.68 Å². The number of aromatic nitrogens is 2. The summed E-state index contributed by atoms with van der Waals surface area (Å²) >= 11 is 6.18. The molecule has 102 valence electrons. The lowest BCUT2D eigenvalue weighted by molar-refractivity contribution is 0.563. The first-order valence-corrected chi connectivity index (χ1v) is 6.59. The zero-order valence-electron chi connectivity index (χ0n) is 11.2. The van der Waals surface area contributed by atoms with Gasteiger partial charge in [0, 0.05) is 7.05 Å². The molecule has 3 nitrogen and oxygen atoms in total. The third-order valence-electron chi connectivity index (χ3n) is 3.15. The van der Waals surface area contributed by atoms with Crippen molar-refractivity contribution in [1.82, 2.24) is 15.1 Å². The maximum atomic E-state index is 13.7. The highest BCUT2D eigenvalue weighted by atomic mass is 35.5. The SMILES string of the molecule is CCNC(c1ccc(C)c(F)c1)c1c(Cl)cnn1C. The average molecular weight is 282 g/mol. The summed E-state index contributed by atoms with van der Waals surface area (Å²) in [4.78, 5) is 0. The second-order valence-electron chi connectivity index (χ2n) is 4.50. The van der Waals surface area contributed by atoms with Gasteiger partial charge in [-0.2, -0.15) is 5.10 Å². The minimum absolute atomic E-state index is 0.167. The van der Waals surface area contributed by atoms with Crippen LogP contribution in [0.5, 0.6) is 0 Å². The van der Waals surface area contributed by atoms with Crippen LogP contribution in [0, 0.1) is 12.7 Å². The van der Waals surface area contributed by atoms with Crippen molar-refractivity contribution in [2.45, 2.75) is 19.9 Å². The van der Waals surface area contributed by atoms with Crippen LogP contribution in [0.1, 0.15) is 29.8 Å². The molecule has 1 aromatic carbocycles. The molecule has 0 bridgehead atoms. The van der Waals surface area contributed by atoms with Gasteiger partial charge < -0.3 is 5.32 Å². The third kappa shape index (κ3) is 2.80. The first kappa shape index (κ1) is 14.0. The highest BCUT2D eigenvalue weighted by Gasteiger charge is 2.20. The molecule has 19 heavy (non-hydrogen) atoms. The van der Waals surface area contributed by atoms with Crippen molar-refractivity contribution in [3.05, 3.63) is 52.1 Å². The maximum absolute atomic E-state index is 13.7. The van der Waals surface area contributed by atoms with E-state index in [1.54, 1.807) is 29.9 Å². The molecule has 2 rings (SSSR count). The number of halogens is 2. The zero-order chi connectivity index (χ0) is 14.0. The summed E-state index contributed by atoms with van der Waals surface area (Å²) in [6.45, 7) is 4.50. The van der Waals surface area contributed by atoms with Crippen LogP contribution >= 0.6 is 11.6 Å². The van der Waals surface area contributed by atoms with E-state index >= 15 is 0 Å². The molecule has 1 heterocycles. The predicted octanol–water partition coefficient (Wildman–Crippen LogP) is 3.22. The molecule has 0 aliphatic rings. The first-order valence-electron chi connectivity index (χ1n) is 6.21. The highest BCUT2D eigenvalue weighted by Crippen LogP contribution is 2.28. The molecule has 1 atom stereocenters. The molecule has 2 aromatic rings. The standard InChI is InChI=1S/C14H17ClFN3/c1-4-17-13(14-11(15)8-18-19(14)3)10-6-5-9(2)12(16)7-10/h5-8,13,17H,4H2,1-3H3. The van der Waals surface area contributed by atoms with Crippen LogP contribution in [0.15, 0.2) is 24.4 Å². The Kier molecular flexibility index (Phi) is 4.22. The number of hydrogen-bond acceptors (Lipinski definition) is 2. The van der Waals surface area contributed by atoms with Gasteiger partial charge in [0.05, 0.1) is 23.0 Å². The number of nitrogens with one attached hydrogen (secondary N) is 1. The van der Waals surface area contributed by atoms with E-state index in [1.165, 1.54) is 0 Å². The monoisotopic (exact) mass is 281 g/mol. The van der Waals surface area contributed by atoms with Gasteiger partial charge in [0.1, 0.15) is 5.82 Å². The fraction of sp³-hybridized carbons (Fsp3) is 0.357. The third-order valence-corrected chi connectivity index (χ3v) is 3.44. The van der Waals surface area contributed by atoms with Crippen molar-refractivity contribution in [3.8, 4) is 0 Å². The predicted molar refractivity (Wildman–Crippen MR) is 74.9 cm³/mol. The lowest BCUT2D eigenvalue weighted by atomic mass is 10.0. The van der Waals surface area contributed by atoms with Crippen LogP contribution in [0.2, 0.25) is 5.02 Å². The van der Waals surface area contributed by atoms with Crippen LogP contribution in [0.4, 0.5) is 4.39 Å². The van der Waals surface area contributed by atoms with Gasteiger partial charge in [0.25, 0.3) is 0 Å². The number of nitrogens with zero attached hydrogens (tertiary/aromatic N) is 2.